The van der Waals surface area contributed by atoms with Gasteiger partial charge in [0, 0.05) is 34.9 Å². The number of aromatic carboxylic acids is 1. The van der Waals surface area contributed by atoms with E-state index in [1.54, 1.807) is 36.7 Å². The second-order valence-corrected chi connectivity index (χ2v) is 5.75. The van der Waals surface area contributed by atoms with Gasteiger partial charge >= 0.3 is 5.97 Å². The zero-order chi connectivity index (χ0) is 17.3. The molecule has 0 fully saturated rings. The summed E-state index contributed by atoms with van der Waals surface area (Å²) in [7, 11) is 0. The Labute approximate surface area is 143 Å². The second-order valence-electron chi connectivity index (χ2n) is 5.34. The molecule has 2 heterocycles. The molecule has 0 amide bonds. The average molecular weight is 343 g/mol. The van der Waals surface area contributed by atoms with Gasteiger partial charge in [-0.1, -0.05) is 11.6 Å². The van der Waals surface area contributed by atoms with E-state index >= 15 is 0 Å². The predicted octanol–water partition coefficient (Wildman–Crippen LogP) is 4.79. The number of benzene rings is 1. The van der Waals surface area contributed by atoms with E-state index in [9.17, 15) is 4.79 Å². The highest BCUT2D eigenvalue weighted by molar-refractivity contribution is 6.33. The summed E-state index contributed by atoms with van der Waals surface area (Å²) in [5.41, 5.74) is 3.80. The molecule has 24 heavy (non-hydrogen) atoms. The highest BCUT2D eigenvalue weighted by Gasteiger charge is 2.13. The van der Waals surface area contributed by atoms with E-state index in [1.165, 1.54) is 6.07 Å². The molecule has 3 rings (SSSR count). The number of hydrogen-bond acceptors (Lipinski definition) is 3. The molecule has 1 aromatic carbocycles. The van der Waals surface area contributed by atoms with Gasteiger partial charge in [0.15, 0.2) is 0 Å². The maximum atomic E-state index is 11.1. The second kappa shape index (κ2) is 6.37. The van der Waals surface area contributed by atoms with E-state index in [0.29, 0.717) is 5.88 Å². The molecule has 3 aromatic rings. The topological polar surface area (TPSA) is 67.7 Å². The number of aliphatic imine (C=N–C) groups is 1. The van der Waals surface area contributed by atoms with Gasteiger partial charge in [-0.2, -0.15) is 0 Å². The zero-order valence-corrected chi connectivity index (χ0v) is 13.9. The standard InChI is InChI=1S/C18H15ClN2O3/c1-11-8-13(10-20-17-4-3-7-24-17)12(2)21(11)14-5-6-15(18(22)23)16(19)9-14/h3-10H,1-2H3,(H,22,23). The molecule has 5 nitrogen and oxygen atoms in total. The van der Waals surface area contributed by atoms with Crippen molar-refractivity contribution in [2.75, 3.05) is 0 Å². The molecule has 0 aliphatic heterocycles. The van der Waals surface area contributed by atoms with Crippen LogP contribution >= 0.6 is 11.6 Å². The molecule has 0 saturated carbocycles. The first-order valence-corrected chi connectivity index (χ1v) is 7.65. The molecule has 0 spiro atoms. The van der Waals surface area contributed by atoms with Crippen LogP contribution in [0.3, 0.4) is 0 Å². The first-order valence-electron chi connectivity index (χ1n) is 7.27. The lowest BCUT2D eigenvalue weighted by Crippen LogP contribution is -2.02. The van der Waals surface area contributed by atoms with Crippen LogP contribution in [0.2, 0.25) is 5.02 Å². The third kappa shape index (κ3) is 2.98. The van der Waals surface area contributed by atoms with Gasteiger partial charge in [-0.3, -0.25) is 0 Å². The lowest BCUT2D eigenvalue weighted by Gasteiger charge is -2.11. The van der Waals surface area contributed by atoms with Crippen LogP contribution in [0.1, 0.15) is 27.3 Å². The number of aryl methyl sites for hydroxylation is 1. The van der Waals surface area contributed by atoms with Crippen molar-refractivity contribution in [1.29, 1.82) is 0 Å². The van der Waals surface area contributed by atoms with Crippen molar-refractivity contribution in [1.82, 2.24) is 4.57 Å². The Morgan fingerprint density at radius 3 is 2.71 bits per heavy atom. The van der Waals surface area contributed by atoms with Crippen molar-refractivity contribution in [3.05, 3.63) is 70.2 Å². The molecule has 6 heteroatoms. The average Bonchev–Trinajstić information content (AvgIpc) is 3.13. The van der Waals surface area contributed by atoms with E-state index in [1.807, 2.05) is 24.5 Å². The van der Waals surface area contributed by atoms with Gasteiger partial charge < -0.3 is 14.1 Å². The van der Waals surface area contributed by atoms with Crippen LogP contribution in [-0.4, -0.2) is 21.9 Å². The lowest BCUT2D eigenvalue weighted by atomic mass is 10.2. The maximum absolute atomic E-state index is 11.1. The van der Waals surface area contributed by atoms with Gasteiger partial charge in [0.05, 0.1) is 16.8 Å². The molecule has 0 aliphatic rings. The minimum absolute atomic E-state index is 0.0856. The van der Waals surface area contributed by atoms with Crippen molar-refractivity contribution < 1.29 is 14.3 Å². The van der Waals surface area contributed by atoms with Gasteiger partial charge in [-0.25, -0.2) is 9.79 Å². The van der Waals surface area contributed by atoms with Gasteiger partial charge in [0.25, 0.3) is 0 Å². The van der Waals surface area contributed by atoms with Crippen LogP contribution in [0, 0.1) is 13.8 Å². The molecule has 2 aromatic heterocycles. The number of aromatic nitrogens is 1. The summed E-state index contributed by atoms with van der Waals surface area (Å²) < 4.78 is 7.19. The minimum Gasteiger partial charge on any atom is -0.478 e. The van der Waals surface area contributed by atoms with Crippen molar-refractivity contribution in [2.45, 2.75) is 13.8 Å². The Kier molecular flexibility index (Phi) is 4.27. The van der Waals surface area contributed by atoms with E-state index in [0.717, 1.165) is 22.6 Å². The van der Waals surface area contributed by atoms with Crippen LogP contribution in [0.4, 0.5) is 5.88 Å². The van der Waals surface area contributed by atoms with Crippen LogP contribution in [0.15, 0.2) is 52.1 Å². The van der Waals surface area contributed by atoms with Crippen molar-refractivity contribution in [2.24, 2.45) is 4.99 Å². The number of furan rings is 1. The summed E-state index contributed by atoms with van der Waals surface area (Å²) >= 11 is 6.08. The Balaban J connectivity index is 2.00. The van der Waals surface area contributed by atoms with Gasteiger partial charge in [-0.15, -0.1) is 0 Å². The molecule has 122 valence electrons. The minimum atomic E-state index is -1.04. The molecular formula is C18H15ClN2O3. The zero-order valence-electron chi connectivity index (χ0n) is 13.2. The Bertz CT molecular complexity index is 924. The third-order valence-corrected chi connectivity index (χ3v) is 4.06. The first kappa shape index (κ1) is 16.1. The summed E-state index contributed by atoms with van der Waals surface area (Å²) in [5, 5.41) is 9.29. The van der Waals surface area contributed by atoms with Crippen molar-refractivity contribution >= 4 is 29.7 Å². The van der Waals surface area contributed by atoms with Gasteiger partial charge in [0.1, 0.15) is 0 Å². The van der Waals surface area contributed by atoms with E-state index in [4.69, 9.17) is 21.1 Å². The summed E-state index contributed by atoms with van der Waals surface area (Å²) in [6, 6.07) is 10.5. The fourth-order valence-corrected chi connectivity index (χ4v) is 2.86. The summed E-state index contributed by atoms with van der Waals surface area (Å²) in [4.78, 5) is 15.4. The summed E-state index contributed by atoms with van der Waals surface area (Å²) in [6.07, 6.45) is 3.31. The molecular weight excluding hydrogens is 328 g/mol. The van der Waals surface area contributed by atoms with Crippen LogP contribution in [-0.2, 0) is 0 Å². The molecule has 1 N–H and O–H groups in total. The largest absolute Gasteiger partial charge is 0.478 e. The monoisotopic (exact) mass is 342 g/mol. The number of carbonyl (C=O) groups is 1. The Morgan fingerprint density at radius 2 is 2.08 bits per heavy atom. The highest BCUT2D eigenvalue weighted by atomic mass is 35.5. The predicted molar refractivity (Wildman–Crippen MR) is 93.2 cm³/mol. The van der Waals surface area contributed by atoms with E-state index in [-0.39, 0.29) is 10.6 Å². The molecule has 0 aliphatic carbocycles. The quantitative estimate of drug-likeness (QED) is 0.693. The van der Waals surface area contributed by atoms with Crippen LogP contribution in [0.25, 0.3) is 5.69 Å². The fraction of sp³-hybridized carbons (Fsp3) is 0.111. The SMILES string of the molecule is Cc1cc(C=Nc2ccco2)c(C)n1-c1ccc(C(=O)O)c(Cl)c1. The summed E-state index contributed by atoms with van der Waals surface area (Å²) in [6.45, 7) is 3.94. The molecule has 0 unspecified atom stereocenters. The number of halogens is 1. The Hall–Kier alpha value is -2.79. The number of rotatable bonds is 4. The van der Waals surface area contributed by atoms with Crippen molar-refractivity contribution in [3.8, 4) is 5.69 Å². The number of carboxylic acids is 1. The van der Waals surface area contributed by atoms with Crippen LogP contribution < -0.4 is 0 Å². The molecule has 0 saturated heterocycles. The number of nitrogens with zero attached hydrogens (tertiary/aromatic N) is 2. The number of hydrogen-bond donors (Lipinski definition) is 1. The van der Waals surface area contributed by atoms with E-state index in [2.05, 4.69) is 4.99 Å². The smallest absolute Gasteiger partial charge is 0.337 e. The van der Waals surface area contributed by atoms with Crippen molar-refractivity contribution in [3.63, 3.8) is 0 Å². The summed E-state index contributed by atoms with van der Waals surface area (Å²) in [5.74, 6) is -0.507. The van der Waals surface area contributed by atoms with Crippen LogP contribution in [0.5, 0.6) is 0 Å². The highest BCUT2D eigenvalue weighted by Crippen LogP contribution is 2.25. The number of carboxylic acid groups (broad SMARTS) is 1. The Morgan fingerprint density at radius 1 is 1.29 bits per heavy atom. The molecule has 0 atom stereocenters. The normalized spacial score (nSPS) is 11.3. The maximum Gasteiger partial charge on any atom is 0.337 e. The van der Waals surface area contributed by atoms with Gasteiger partial charge in [0.2, 0.25) is 5.88 Å². The van der Waals surface area contributed by atoms with E-state index < -0.39 is 5.97 Å². The fourth-order valence-electron chi connectivity index (χ4n) is 2.61. The first-order chi connectivity index (χ1) is 11.5. The lowest BCUT2D eigenvalue weighted by molar-refractivity contribution is 0.0697. The molecule has 0 radical (unpaired) electrons. The third-order valence-electron chi connectivity index (χ3n) is 3.75. The molecule has 0 bridgehead atoms. The van der Waals surface area contributed by atoms with Gasteiger partial charge in [-0.05, 0) is 44.2 Å².